The van der Waals surface area contributed by atoms with Gasteiger partial charge >= 0.3 is 0 Å². The zero-order valence-corrected chi connectivity index (χ0v) is 22.7. The Balaban J connectivity index is 1.85. The second-order valence-corrected chi connectivity index (χ2v) is 10.2. The summed E-state index contributed by atoms with van der Waals surface area (Å²) in [5.41, 5.74) is 4.69. The topological polar surface area (TPSA) is 68.2 Å². The second kappa shape index (κ2) is 14.3. The van der Waals surface area contributed by atoms with Gasteiger partial charge in [-0.15, -0.1) is 0 Å². The maximum absolute atomic E-state index is 10.6. The lowest BCUT2D eigenvalue weighted by atomic mass is 9.88. The molecule has 0 bridgehead atoms. The molecule has 200 valence electrons. The van der Waals surface area contributed by atoms with Gasteiger partial charge in [0.2, 0.25) is 0 Å². The first-order valence-electron chi connectivity index (χ1n) is 13.8. The maximum Gasteiger partial charge on any atom is 0.184 e. The molecule has 1 saturated heterocycles. The second-order valence-electron chi connectivity index (χ2n) is 10.2. The number of aryl methyl sites for hydroxylation is 2. The van der Waals surface area contributed by atoms with Crippen molar-refractivity contribution in [1.82, 2.24) is 0 Å². The van der Waals surface area contributed by atoms with E-state index in [1.165, 1.54) is 11.1 Å². The van der Waals surface area contributed by atoms with Crippen molar-refractivity contribution in [3.05, 3.63) is 70.8 Å². The van der Waals surface area contributed by atoms with Crippen molar-refractivity contribution in [3.63, 3.8) is 0 Å². The number of hydrogen-bond acceptors (Lipinski definition) is 5. The lowest BCUT2D eigenvalue weighted by Crippen LogP contribution is -2.54. The first-order valence-corrected chi connectivity index (χ1v) is 13.8. The van der Waals surface area contributed by atoms with Crippen LogP contribution >= 0.6 is 0 Å². The number of ether oxygens (including phenoxy) is 3. The summed E-state index contributed by atoms with van der Waals surface area (Å²) >= 11 is 0. The van der Waals surface area contributed by atoms with Gasteiger partial charge in [0.1, 0.15) is 6.10 Å². The minimum Gasteiger partial charge on any atom is -0.394 e. The molecule has 2 aromatic carbocycles. The van der Waals surface area contributed by atoms with E-state index < -0.39 is 18.5 Å². The molecule has 5 nitrogen and oxygen atoms in total. The van der Waals surface area contributed by atoms with Gasteiger partial charge in [-0.2, -0.15) is 0 Å². The first kappa shape index (κ1) is 28.8. The smallest absolute Gasteiger partial charge is 0.184 e. The Labute approximate surface area is 217 Å². The van der Waals surface area contributed by atoms with Crippen LogP contribution in [0.4, 0.5) is 0 Å². The minimum atomic E-state index is -0.905. The maximum atomic E-state index is 10.6. The summed E-state index contributed by atoms with van der Waals surface area (Å²) in [5.74, 6) is -0.329. The van der Waals surface area contributed by atoms with Crippen molar-refractivity contribution in [2.45, 2.75) is 110 Å². The Morgan fingerprint density at radius 2 is 1.42 bits per heavy atom. The third-order valence-corrected chi connectivity index (χ3v) is 7.29. The molecule has 0 aromatic heterocycles. The van der Waals surface area contributed by atoms with E-state index in [9.17, 15) is 10.2 Å². The van der Waals surface area contributed by atoms with E-state index in [1.807, 2.05) is 6.92 Å². The van der Waals surface area contributed by atoms with Crippen LogP contribution in [0.2, 0.25) is 0 Å². The molecule has 7 atom stereocenters. The highest BCUT2D eigenvalue weighted by molar-refractivity contribution is 5.25. The minimum absolute atomic E-state index is 0.164. The molecule has 2 N–H and O–H groups in total. The van der Waals surface area contributed by atoms with Crippen LogP contribution in [-0.2, 0) is 27.1 Å². The molecule has 0 aliphatic carbocycles. The first-order chi connectivity index (χ1) is 17.4. The number of aliphatic hydroxyl groups is 2. The van der Waals surface area contributed by atoms with Gasteiger partial charge < -0.3 is 24.4 Å². The van der Waals surface area contributed by atoms with Crippen molar-refractivity contribution in [2.24, 2.45) is 5.92 Å². The van der Waals surface area contributed by atoms with Gasteiger partial charge in [-0.25, -0.2) is 0 Å². The summed E-state index contributed by atoms with van der Waals surface area (Å²) in [6.45, 7) is 10.2. The van der Waals surface area contributed by atoms with E-state index in [-0.39, 0.29) is 30.8 Å². The molecule has 0 saturated carbocycles. The third kappa shape index (κ3) is 7.39. The van der Waals surface area contributed by atoms with E-state index in [4.69, 9.17) is 14.2 Å². The number of aliphatic hydroxyl groups excluding tert-OH is 2. The summed E-state index contributed by atoms with van der Waals surface area (Å²) in [7, 11) is 0. The molecule has 0 spiro atoms. The van der Waals surface area contributed by atoms with Gasteiger partial charge in [-0.3, -0.25) is 0 Å². The highest BCUT2D eigenvalue weighted by atomic mass is 16.7. The van der Waals surface area contributed by atoms with Gasteiger partial charge in [0, 0.05) is 11.5 Å². The van der Waals surface area contributed by atoms with Crippen LogP contribution in [0.1, 0.15) is 94.9 Å². The van der Waals surface area contributed by atoms with E-state index in [1.54, 1.807) is 0 Å². The van der Waals surface area contributed by atoms with Gasteiger partial charge in [-0.05, 0) is 42.9 Å². The fraction of sp³-hybridized carbons (Fsp3) is 0.613. The van der Waals surface area contributed by atoms with E-state index in [2.05, 4.69) is 76.2 Å². The summed E-state index contributed by atoms with van der Waals surface area (Å²) < 4.78 is 19.7. The normalized spacial score (nSPS) is 24.9. The van der Waals surface area contributed by atoms with Crippen LogP contribution in [-0.4, -0.2) is 41.2 Å². The molecule has 0 radical (unpaired) electrons. The average Bonchev–Trinajstić information content (AvgIpc) is 2.90. The lowest BCUT2D eigenvalue weighted by Gasteiger charge is -2.46. The molecule has 2 aromatic rings. The number of hydrogen-bond donors (Lipinski definition) is 2. The molecular weight excluding hydrogens is 452 g/mol. The molecule has 36 heavy (non-hydrogen) atoms. The summed E-state index contributed by atoms with van der Waals surface area (Å²) in [5, 5.41) is 20.3. The molecule has 0 amide bonds. The molecule has 1 fully saturated rings. The Morgan fingerprint density at radius 3 is 1.94 bits per heavy atom. The molecule has 1 aliphatic heterocycles. The monoisotopic (exact) mass is 498 g/mol. The average molecular weight is 499 g/mol. The van der Waals surface area contributed by atoms with Gasteiger partial charge in [0.15, 0.2) is 6.29 Å². The molecule has 7 unspecified atom stereocenters. The molecule has 1 aliphatic rings. The standard InChI is InChI=1S/C31H46O5/c1-6-9-23-12-16-25(17-13-23)22(5)34-30-28(11-8-3)35-31(36-29(30)21(4)27(33)20-32)26-18-14-24(10-7-2)15-19-26/h12-19,21-22,27-33H,6-11,20H2,1-5H3. The zero-order chi connectivity index (χ0) is 26.1. The molecule has 5 heteroatoms. The molecule has 1 heterocycles. The Morgan fingerprint density at radius 1 is 0.833 bits per heavy atom. The SMILES string of the molecule is CCCc1ccc(C(C)OC2C(CCC)OC(c3ccc(CCC)cc3)OC2C(C)C(O)CO)cc1. The third-order valence-electron chi connectivity index (χ3n) is 7.29. The van der Waals surface area contributed by atoms with Crippen molar-refractivity contribution in [1.29, 1.82) is 0 Å². The predicted octanol–water partition coefficient (Wildman–Crippen LogP) is 6.31. The van der Waals surface area contributed by atoms with E-state index >= 15 is 0 Å². The quantitative estimate of drug-likeness (QED) is 0.339. The van der Waals surface area contributed by atoms with Gasteiger partial charge in [-0.1, -0.05) is 95.5 Å². The fourth-order valence-electron chi connectivity index (χ4n) is 5.04. The van der Waals surface area contributed by atoms with Gasteiger partial charge in [0.05, 0.1) is 31.0 Å². The number of rotatable bonds is 13. The van der Waals surface area contributed by atoms with Crippen LogP contribution in [0.3, 0.4) is 0 Å². The Hall–Kier alpha value is -1.76. The van der Waals surface area contributed by atoms with Gasteiger partial charge in [0.25, 0.3) is 0 Å². The van der Waals surface area contributed by atoms with Crippen LogP contribution in [0, 0.1) is 5.92 Å². The highest BCUT2D eigenvalue weighted by Gasteiger charge is 2.45. The molecular formula is C31H46O5. The Kier molecular flexibility index (Phi) is 11.4. The van der Waals surface area contributed by atoms with Crippen LogP contribution in [0.15, 0.2) is 48.5 Å². The van der Waals surface area contributed by atoms with Crippen molar-refractivity contribution in [3.8, 4) is 0 Å². The van der Waals surface area contributed by atoms with Crippen LogP contribution < -0.4 is 0 Å². The predicted molar refractivity (Wildman–Crippen MR) is 144 cm³/mol. The van der Waals surface area contributed by atoms with Crippen molar-refractivity contribution in [2.75, 3.05) is 6.61 Å². The lowest BCUT2D eigenvalue weighted by molar-refractivity contribution is -0.317. The van der Waals surface area contributed by atoms with Crippen molar-refractivity contribution >= 4 is 0 Å². The summed E-state index contributed by atoms with van der Waals surface area (Å²) in [6, 6.07) is 17.0. The molecule has 3 rings (SSSR count). The van der Waals surface area contributed by atoms with E-state index in [0.29, 0.717) is 0 Å². The van der Waals surface area contributed by atoms with Crippen LogP contribution in [0.5, 0.6) is 0 Å². The van der Waals surface area contributed by atoms with E-state index in [0.717, 1.165) is 49.7 Å². The number of benzene rings is 2. The largest absolute Gasteiger partial charge is 0.394 e. The van der Waals surface area contributed by atoms with Crippen LogP contribution in [0.25, 0.3) is 0 Å². The Bertz CT molecular complexity index is 879. The summed E-state index contributed by atoms with van der Waals surface area (Å²) in [6.07, 6.45) is 3.49. The highest BCUT2D eigenvalue weighted by Crippen LogP contribution is 2.39. The summed E-state index contributed by atoms with van der Waals surface area (Å²) in [4.78, 5) is 0. The fourth-order valence-corrected chi connectivity index (χ4v) is 5.04. The zero-order valence-electron chi connectivity index (χ0n) is 22.7. The van der Waals surface area contributed by atoms with Crippen molar-refractivity contribution < 1.29 is 24.4 Å².